The van der Waals surface area contributed by atoms with E-state index in [4.69, 9.17) is 11.6 Å². The highest BCUT2D eigenvalue weighted by Gasteiger charge is 2.15. The predicted molar refractivity (Wildman–Crippen MR) is 118 cm³/mol. The van der Waals surface area contributed by atoms with Gasteiger partial charge in [-0.05, 0) is 43.7 Å². The number of amides is 2. The molecule has 2 aromatic carbocycles. The molecule has 0 saturated carbocycles. The van der Waals surface area contributed by atoms with Crippen molar-refractivity contribution in [3.05, 3.63) is 69.6 Å². The Morgan fingerprint density at radius 1 is 1.13 bits per heavy atom. The van der Waals surface area contributed by atoms with Crippen LogP contribution in [0, 0.1) is 13.8 Å². The van der Waals surface area contributed by atoms with Crippen LogP contribution in [-0.2, 0) is 4.79 Å². The molecule has 9 heteroatoms. The van der Waals surface area contributed by atoms with E-state index in [0.717, 1.165) is 16.8 Å². The number of rotatable bonds is 5. The standard InChI is InChI=1S/C21H18ClN5O2S/c1-12-3-8-16(13(2)9-12)17-11-30-21-25-20(26-27(17)21)24-18(28)10-23-19(29)14-4-6-15(22)7-5-14/h3-9,11H,10H2,1-2H3,(H,23,29)(H,24,26,28). The third-order valence-electron chi connectivity index (χ3n) is 4.51. The molecular weight excluding hydrogens is 422 g/mol. The molecule has 2 N–H and O–H groups in total. The lowest BCUT2D eigenvalue weighted by Crippen LogP contribution is -2.33. The average Bonchev–Trinajstić information content (AvgIpc) is 3.27. The Bertz CT molecular complexity index is 1250. The highest BCUT2D eigenvalue weighted by atomic mass is 35.5. The molecule has 152 valence electrons. The Hall–Kier alpha value is -3.23. The van der Waals surface area contributed by atoms with Gasteiger partial charge in [-0.2, -0.15) is 4.98 Å². The Morgan fingerprint density at radius 3 is 2.63 bits per heavy atom. The summed E-state index contributed by atoms with van der Waals surface area (Å²) in [7, 11) is 0. The number of nitrogens with one attached hydrogen (secondary N) is 2. The number of nitrogens with zero attached hydrogens (tertiary/aromatic N) is 3. The summed E-state index contributed by atoms with van der Waals surface area (Å²) < 4.78 is 1.71. The van der Waals surface area contributed by atoms with Gasteiger partial charge in [-0.1, -0.05) is 35.4 Å². The van der Waals surface area contributed by atoms with Gasteiger partial charge in [-0.3, -0.25) is 14.9 Å². The number of thiazole rings is 1. The second-order valence-electron chi connectivity index (χ2n) is 6.81. The number of carbonyl (C=O) groups is 2. The minimum atomic E-state index is -0.413. The summed E-state index contributed by atoms with van der Waals surface area (Å²) in [5, 5.41) is 12.1. The van der Waals surface area contributed by atoms with Crippen molar-refractivity contribution in [2.24, 2.45) is 0 Å². The zero-order chi connectivity index (χ0) is 21.3. The van der Waals surface area contributed by atoms with Gasteiger partial charge in [0, 0.05) is 21.5 Å². The highest BCUT2D eigenvalue weighted by Crippen LogP contribution is 2.28. The van der Waals surface area contributed by atoms with Crippen LogP contribution in [0.4, 0.5) is 5.95 Å². The normalized spacial score (nSPS) is 10.9. The summed E-state index contributed by atoms with van der Waals surface area (Å²) >= 11 is 7.26. The number of hydrogen-bond donors (Lipinski definition) is 2. The van der Waals surface area contributed by atoms with E-state index >= 15 is 0 Å². The monoisotopic (exact) mass is 439 g/mol. The number of aromatic nitrogens is 3. The molecule has 0 radical (unpaired) electrons. The fraction of sp³-hybridized carbons (Fsp3) is 0.143. The molecule has 7 nitrogen and oxygen atoms in total. The minimum Gasteiger partial charge on any atom is -0.343 e. The van der Waals surface area contributed by atoms with Crippen LogP contribution in [0.15, 0.2) is 47.8 Å². The van der Waals surface area contributed by atoms with Gasteiger partial charge < -0.3 is 5.32 Å². The summed E-state index contributed by atoms with van der Waals surface area (Å²) in [4.78, 5) is 29.3. The third-order valence-corrected chi connectivity index (χ3v) is 5.57. The fourth-order valence-corrected chi connectivity index (χ4v) is 4.00. The van der Waals surface area contributed by atoms with Gasteiger partial charge in [0.1, 0.15) is 0 Å². The predicted octanol–water partition coefficient (Wildman–Crippen LogP) is 4.10. The number of hydrogen-bond acceptors (Lipinski definition) is 5. The first-order valence-corrected chi connectivity index (χ1v) is 10.4. The molecule has 0 aliphatic rings. The van der Waals surface area contributed by atoms with Crippen molar-refractivity contribution in [1.29, 1.82) is 0 Å². The van der Waals surface area contributed by atoms with Gasteiger partial charge in [0.2, 0.25) is 10.9 Å². The maximum Gasteiger partial charge on any atom is 0.251 e. The molecule has 2 aromatic heterocycles. The highest BCUT2D eigenvalue weighted by molar-refractivity contribution is 7.15. The summed E-state index contributed by atoms with van der Waals surface area (Å²) in [6.45, 7) is 3.90. The summed E-state index contributed by atoms with van der Waals surface area (Å²) in [6.07, 6.45) is 0. The molecule has 2 heterocycles. The maximum absolute atomic E-state index is 12.2. The van der Waals surface area contributed by atoms with E-state index in [0.29, 0.717) is 15.5 Å². The second kappa shape index (κ2) is 8.25. The summed E-state index contributed by atoms with van der Waals surface area (Å²) in [6, 6.07) is 12.6. The van der Waals surface area contributed by atoms with E-state index in [9.17, 15) is 9.59 Å². The van der Waals surface area contributed by atoms with Crippen molar-refractivity contribution in [3.8, 4) is 11.3 Å². The molecule has 0 fully saturated rings. The largest absolute Gasteiger partial charge is 0.343 e. The van der Waals surface area contributed by atoms with Crippen LogP contribution in [0.1, 0.15) is 21.5 Å². The summed E-state index contributed by atoms with van der Waals surface area (Å²) in [5.41, 5.74) is 4.72. The van der Waals surface area contributed by atoms with Crippen molar-refractivity contribution in [1.82, 2.24) is 19.9 Å². The number of anilines is 1. The van der Waals surface area contributed by atoms with E-state index in [-0.39, 0.29) is 18.4 Å². The molecule has 0 aliphatic carbocycles. The first-order valence-electron chi connectivity index (χ1n) is 9.16. The second-order valence-corrected chi connectivity index (χ2v) is 8.08. The average molecular weight is 440 g/mol. The van der Waals surface area contributed by atoms with E-state index in [1.807, 2.05) is 5.38 Å². The van der Waals surface area contributed by atoms with Crippen LogP contribution in [0.25, 0.3) is 16.2 Å². The maximum atomic E-state index is 12.2. The van der Waals surface area contributed by atoms with E-state index in [2.05, 4.69) is 52.8 Å². The van der Waals surface area contributed by atoms with Gasteiger partial charge in [0.15, 0.2) is 0 Å². The molecule has 0 aliphatic heterocycles. The number of halogens is 1. The van der Waals surface area contributed by atoms with Crippen LogP contribution in [-0.4, -0.2) is 33.0 Å². The zero-order valence-corrected chi connectivity index (χ0v) is 17.8. The molecule has 0 unspecified atom stereocenters. The van der Waals surface area contributed by atoms with Crippen molar-refractivity contribution in [2.45, 2.75) is 13.8 Å². The molecule has 0 saturated heterocycles. The number of aryl methyl sites for hydroxylation is 2. The van der Waals surface area contributed by atoms with E-state index in [1.165, 1.54) is 16.9 Å². The number of fused-ring (bicyclic) bond motifs is 1. The molecular formula is C21H18ClN5O2S. The minimum absolute atomic E-state index is 0.193. The molecule has 0 spiro atoms. The molecule has 4 aromatic rings. The first-order chi connectivity index (χ1) is 14.4. The third kappa shape index (κ3) is 4.19. The fourth-order valence-electron chi connectivity index (χ4n) is 3.05. The Balaban J connectivity index is 1.44. The first kappa shape index (κ1) is 20.1. The van der Waals surface area contributed by atoms with Crippen LogP contribution in [0.3, 0.4) is 0 Å². The molecule has 30 heavy (non-hydrogen) atoms. The molecule has 0 atom stereocenters. The van der Waals surface area contributed by atoms with Crippen molar-refractivity contribution in [3.63, 3.8) is 0 Å². The quantitative estimate of drug-likeness (QED) is 0.490. The Labute approximate surface area is 181 Å². The van der Waals surface area contributed by atoms with E-state index in [1.54, 1.807) is 28.8 Å². The SMILES string of the molecule is Cc1ccc(-c2csc3nc(NC(=O)CNC(=O)c4ccc(Cl)cc4)nn23)c(C)c1. The van der Waals surface area contributed by atoms with E-state index < -0.39 is 5.91 Å². The number of carbonyl (C=O) groups excluding carboxylic acids is 2. The number of benzene rings is 2. The molecule has 4 rings (SSSR count). The molecule has 0 bridgehead atoms. The lowest BCUT2D eigenvalue weighted by molar-refractivity contribution is -0.115. The van der Waals surface area contributed by atoms with Gasteiger partial charge in [-0.25, -0.2) is 4.52 Å². The summed E-state index contributed by atoms with van der Waals surface area (Å²) in [5.74, 6) is -0.583. The van der Waals surface area contributed by atoms with Crippen molar-refractivity contribution >= 4 is 45.7 Å². The van der Waals surface area contributed by atoms with Gasteiger partial charge in [0.25, 0.3) is 11.9 Å². The molecule has 2 amide bonds. The smallest absolute Gasteiger partial charge is 0.251 e. The van der Waals surface area contributed by atoms with Crippen LogP contribution < -0.4 is 10.6 Å². The Morgan fingerprint density at radius 2 is 1.90 bits per heavy atom. The Kier molecular flexibility index (Phi) is 5.52. The lowest BCUT2D eigenvalue weighted by Gasteiger charge is -2.05. The lowest BCUT2D eigenvalue weighted by atomic mass is 10.0. The van der Waals surface area contributed by atoms with Crippen LogP contribution in [0.2, 0.25) is 5.02 Å². The topological polar surface area (TPSA) is 88.4 Å². The van der Waals surface area contributed by atoms with Gasteiger partial charge >= 0.3 is 0 Å². The van der Waals surface area contributed by atoms with Crippen molar-refractivity contribution < 1.29 is 9.59 Å². The van der Waals surface area contributed by atoms with Gasteiger partial charge in [0.05, 0.1) is 12.2 Å². The van der Waals surface area contributed by atoms with Crippen molar-refractivity contribution in [2.75, 3.05) is 11.9 Å². The zero-order valence-electron chi connectivity index (χ0n) is 16.3. The van der Waals surface area contributed by atoms with Crippen LogP contribution in [0.5, 0.6) is 0 Å². The van der Waals surface area contributed by atoms with Crippen LogP contribution >= 0.6 is 22.9 Å². The van der Waals surface area contributed by atoms with Gasteiger partial charge in [-0.15, -0.1) is 16.4 Å².